The SMILES string of the molecule is C=C(C)C(=O)OCCOC.C=C(C)C(=O)OCCOC(=O)C(=C)C.C=C(C)C(=O)OCCOC(=O)C(=C)C.C=C(C)C(=O)OCCOc1ccc(C(C)(C)c2ccc(OCCOC(=O)C(=C)C)cc2)cc1. The third kappa shape index (κ3) is 31.3. The van der Waals surface area contributed by atoms with E-state index in [-0.39, 0.29) is 64.2 Å². The molecule has 0 aliphatic rings. The van der Waals surface area contributed by atoms with Crippen LogP contribution in [0.3, 0.4) is 0 Å². The predicted molar refractivity (Wildman–Crippen MR) is 268 cm³/mol. The van der Waals surface area contributed by atoms with E-state index >= 15 is 0 Å². The van der Waals surface area contributed by atoms with Gasteiger partial charge in [-0.05, 0) is 83.9 Å². The Morgan fingerprint density at radius 2 is 0.521 bits per heavy atom. The third-order valence-electron chi connectivity index (χ3n) is 8.38. The molecule has 0 N–H and O–H groups in total. The van der Waals surface area contributed by atoms with E-state index in [0.717, 1.165) is 11.1 Å². The van der Waals surface area contributed by atoms with Gasteiger partial charge < -0.3 is 47.4 Å². The number of hydrogen-bond donors (Lipinski definition) is 0. The average molecular weight is 993 g/mol. The molecule has 0 heterocycles. The number of hydrogen-bond acceptors (Lipinski definition) is 17. The molecule has 0 radical (unpaired) electrons. The van der Waals surface area contributed by atoms with Crippen LogP contribution in [-0.2, 0) is 76.9 Å². The van der Waals surface area contributed by atoms with Crippen molar-refractivity contribution in [2.45, 2.75) is 67.7 Å². The highest BCUT2D eigenvalue weighted by molar-refractivity contribution is 5.89. The summed E-state index contributed by atoms with van der Waals surface area (Å²) in [6.07, 6.45) is 0. The van der Waals surface area contributed by atoms with Gasteiger partial charge in [0, 0.05) is 51.5 Å². The zero-order chi connectivity index (χ0) is 54.7. The van der Waals surface area contributed by atoms with E-state index in [0.29, 0.717) is 63.7 Å². The van der Waals surface area contributed by atoms with Gasteiger partial charge in [-0.15, -0.1) is 0 Å². The van der Waals surface area contributed by atoms with Crippen LogP contribution in [0.15, 0.2) is 134 Å². The summed E-state index contributed by atoms with van der Waals surface area (Å²) in [5, 5.41) is 0. The molecule has 0 fully saturated rings. The largest absolute Gasteiger partial charge is 0.490 e. The molecule has 0 aromatic heterocycles. The molecule has 2 rings (SSSR count). The van der Waals surface area contributed by atoms with Gasteiger partial charge in [0.1, 0.15) is 71.0 Å². The number of methoxy groups -OCH3 is 1. The summed E-state index contributed by atoms with van der Waals surface area (Å²) in [7, 11) is 1.55. The first-order chi connectivity index (χ1) is 33.2. The standard InChI is InChI=1S/C27H32O6.2C10H14O4.C7H12O3/c1-19(2)25(28)32-17-15-30-23-11-7-21(8-12-23)27(5,6)22-9-13-24(14-10-22)31-16-18-33-26(29)20(3)4;2*1-7(2)9(11)13-5-6-14-10(12)8(3)4;1-6(2)7(8)10-5-4-9-3/h7-14H,1,3,15-18H2,2,4-6H3;2*1,3,5-6H2,2,4H3;1,4-5H2,2-3H3. The van der Waals surface area contributed by atoms with Crippen LogP contribution in [0.25, 0.3) is 0 Å². The van der Waals surface area contributed by atoms with E-state index in [4.69, 9.17) is 18.9 Å². The smallest absolute Gasteiger partial charge is 0.333 e. The van der Waals surface area contributed by atoms with Crippen LogP contribution >= 0.6 is 0 Å². The molecular formula is C54H72O17. The Labute approximate surface area is 418 Å². The lowest BCUT2D eigenvalue weighted by atomic mass is 9.78. The molecule has 17 heteroatoms. The van der Waals surface area contributed by atoms with E-state index in [1.807, 2.05) is 48.5 Å². The molecule has 390 valence electrons. The number of benzene rings is 2. The van der Waals surface area contributed by atoms with Crippen LogP contribution in [0.5, 0.6) is 11.5 Å². The molecule has 0 saturated carbocycles. The van der Waals surface area contributed by atoms with Crippen molar-refractivity contribution in [1.82, 2.24) is 0 Å². The second-order valence-electron chi connectivity index (χ2n) is 15.8. The number of rotatable bonds is 26. The van der Waals surface area contributed by atoms with Gasteiger partial charge >= 0.3 is 41.8 Å². The molecule has 0 amide bonds. The van der Waals surface area contributed by atoms with E-state index in [1.54, 1.807) is 55.6 Å². The normalized spacial score (nSPS) is 9.83. The van der Waals surface area contributed by atoms with Crippen LogP contribution in [-0.4, -0.2) is 115 Å². The molecule has 0 bridgehead atoms. The molecule has 71 heavy (non-hydrogen) atoms. The van der Waals surface area contributed by atoms with Crippen LogP contribution in [0.2, 0.25) is 0 Å². The van der Waals surface area contributed by atoms with Crippen molar-refractivity contribution in [3.05, 3.63) is 145 Å². The fourth-order valence-electron chi connectivity index (χ4n) is 4.31. The molecular weight excluding hydrogens is 921 g/mol. The molecule has 0 saturated heterocycles. The quantitative estimate of drug-likeness (QED) is 0.0376. The Morgan fingerprint density at radius 3 is 0.704 bits per heavy atom. The summed E-state index contributed by atoms with van der Waals surface area (Å²) in [6, 6.07) is 15.7. The number of esters is 7. The highest BCUT2D eigenvalue weighted by Crippen LogP contribution is 2.33. The average Bonchev–Trinajstić information content (AvgIpc) is 3.32. The van der Waals surface area contributed by atoms with Gasteiger partial charge in [0.2, 0.25) is 0 Å². The Balaban J connectivity index is 0. The molecule has 0 atom stereocenters. The topological polar surface area (TPSA) is 212 Å². The van der Waals surface area contributed by atoms with Gasteiger partial charge in [0.05, 0.1) is 6.61 Å². The Hall–Kier alpha value is -7.53. The van der Waals surface area contributed by atoms with Gasteiger partial charge in [0.15, 0.2) is 0 Å². The first-order valence-electron chi connectivity index (χ1n) is 21.9. The van der Waals surface area contributed by atoms with Crippen molar-refractivity contribution in [1.29, 1.82) is 0 Å². The molecule has 2 aromatic carbocycles. The summed E-state index contributed by atoms with van der Waals surface area (Å²) in [6.45, 7) is 41.1. The van der Waals surface area contributed by atoms with Crippen LogP contribution in [0.1, 0.15) is 73.4 Å². The van der Waals surface area contributed by atoms with Gasteiger partial charge in [-0.3, -0.25) is 0 Å². The fraction of sp³-hybridized carbons (Fsp3) is 0.389. The first kappa shape index (κ1) is 65.6. The van der Waals surface area contributed by atoms with Crippen molar-refractivity contribution in [3.8, 4) is 11.5 Å². The van der Waals surface area contributed by atoms with E-state index in [9.17, 15) is 33.6 Å². The van der Waals surface area contributed by atoms with Gasteiger partial charge in [-0.2, -0.15) is 0 Å². The second-order valence-corrected chi connectivity index (χ2v) is 15.8. The summed E-state index contributed by atoms with van der Waals surface area (Å²) in [4.78, 5) is 76.7. The highest BCUT2D eigenvalue weighted by atomic mass is 16.6. The highest BCUT2D eigenvalue weighted by Gasteiger charge is 2.23. The van der Waals surface area contributed by atoms with Crippen LogP contribution in [0.4, 0.5) is 0 Å². The van der Waals surface area contributed by atoms with E-state index < -0.39 is 35.8 Å². The fourth-order valence-corrected chi connectivity index (χ4v) is 4.31. The Morgan fingerprint density at radius 1 is 0.338 bits per heavy atom. The number of carbonyl (C=O) groups is 7. The van der Waals surface area contributed by atoms with Gasteiger partial charge in [-0.25, -0.2) is 33.6 Å². The maximum absolute atomic E-state index is 11.4. The predicted octanol–water partition coefficient (Wildman–Crippen LogP) is 8.21. The van der Waals surface area contributed by atoms with Gasteiger partial charge in [-0.1, -0.05) is 84.2 Å². The number of ether oxygens (including phenoxy) is 10. The molecule has 2 aromatic rings. The van der Waals surface area contributed by atoms with Crippen molar-refractivity contribution in [2.24, 2.45) is 0 Å². The van der Waals surface area contributed by atoms with Crippen molar-refractivity contribution < 1.29 is 80.9 Å². The Kier molecular flexibility index (Phi) is 33.7. The third-order valence-corrected chi connectivity index (χ3v) is 8.38. The van der Waals surface area contributed by atoms with Crippen molar-refractivity contribution >= 4 is 41.8 Å². The molecule has 0 aliphatic heterocycles. The van der Waals surface area contributed by atoms with E-state index in [2.05, 4.69) is 88.3 Å². The summed E-state index contributed by atoms with van der Waals surface area (Å²) in [5.74, 6) is -1.75. The van der Waals surface area contributed by atoms with Gasteiger partial charge in [0.25, 0.3) is 0 Å². The molecule has 0 aliphatic carbocycles. The maximum atomic E-state index is 11.4. The summed E-state index contributed by atoms with van der Waals surface area (Å²) in [5.41, 5.74) is 4.44. The minimum Gasteiger partial charge on any atom is -0.490 e. The monoisotopic (exact) mass is 992 g/mol. The lowest BCUT2D eigenvalue weighted by Gasteiger charge is -2.26. The second kappa shape index (κ2) is 36.5. The van der Waals surface area contributed by atoms with Crippen LogP contribution in [0, 0.1) is 0 Å². The van der Waals surface area contributed by atoms with Crippen LogP contribution < -0.4 is 9.47 Å². The molecule has 0 unspecified atom stereocenters. The van der Waals surface area contributed by atoms with Crippen molar-refractivity contribution in [3.63, 3.8) is 0 Å². The minimum atomic E-state index is -0.489. The zero-order valence-electron chi connectivity index (χ0n) is 43.1. The number of carbonyl (C=O) groups excluding carboxylic acids is 7. The summed E-state index contributed by atoms with van der Waals surface area (Å²) >= 11 is 0. The summed E-state index contributed by atoms with van der Waals surface area (Å²) < 4.78 is 49.4. The van der Waals surface area contributed by atoms with E-state index in [1.165, 1.54) is 0 Å². The lowest BCUT2D eigenvalue weighted by molar-refractivity contribution is -0.147. The minimum absolute atomic E-state index is 0.0325. The van der Waals surface area contributed by atoms with Crippen molar-refractivity contribution in [2.75, 3.05) is 73.2 Å². The lowest BCUT2D eigenvalue weighted by Crippen LogP contribution is -2.19. The maximum Gasteiger partial charge on any atom is 0.333 e. The zero-order valence-corrected chi connectivity index (χ0v) is 43.1. The molecule has 17 nitrogen and oxygen atoms in total. The Bertz CT molecular complexity index is 1970. The first-order valence-corrected chi connectivity index (χ1v) is 21.9. The molecule has 0 spiro atoms.